The number of fused-ring (bicyclic) bond motifs is 1. The van der Waals surface area contributed by atoms with E-state index in [0.717, 1.165) is 11.3 Å². The highest BCUT2D eigenvalue weighted by Gasteiger charge is 2.30. The summed E-state index contributed by atoms with van der Waals surface area (Å²) in [6, 6.07) is -0.119. The van der Waals surface area contributed by atoms with Gasteiger partial charge in [-0.3, -0.25) is 9.80 Å². The maximum absolute atomic E-state index is 12.4. The minimum Gasteiger partial charge on any atom is -0.289 e. The summed E-state index contributed by atoms with van der Waals surface area (Å²) in [4.78, 5) is 24.2. The van der Waals surface area contributed by atoms with Gasteiger partial charge in [0.05, 0.1) is 6.54 Å². The molecule has 2 heterocycles. The van der Waals surface area contributed by atoms with Crippen LogP contribution in [0, 0.1) is 6.92 Å². The SMILES string of the molecule is C=C/C(=C\C=C/C)N1Cc2cnc(C)nc2N(C)C1=O. The molecule has 104 valence electrons. The van der Waals surface area contributed by atoms with Crippen LogP contribution in [-0.2, 0) is 6.54 Å². The third kappa shape index (κ3) is 2.47. The molecule has 20 heavy (non-hydrogen) atoms. The van der Waals surface area contributed by atoms with E-state index in [-0.39, 0.29) is 6.03 Å². The van der Waals surface area contributed by atoms with Crippen LogP contribution in [0.3, 0.4) is 0 Å². The fraction of sp³-hybridized carbons (Fsp3) is 0.267. The van der Waals surface area contributed by atoms with Crippen molar-refractivity contribution in [3.05, 3.63) is 54.2 Å². The van der Waals surface area contributed by atoms with Crippen LogP contribution in [-0.4, -0.2) is 27.9 Å². The monoisotopic (exact) mass is 270 g/mol. The van der Waals surface area contributed by atoms with E-state index >= 15 is 0 Å². The molecule has 1 aliphatic heterocycles. The summed E-state index contributed by atoms with van der Waals surface area (Å²) in [5.74, 6) is 1.33. The molecule has 1 aliphatic rings. The molecule has 0 bridgehead atoms. The number of carbonyl (C=O) groups is 1. The van der Waals surface area contributed by atoms with Gasteiger partial charge in [0.15, 0.2) is 0 Å². The van der Waals surface area contributed by atoms with Gasteiger partial charge in [0.1, 0.15) is 11.6 Å². The van der Waals surface area contributed by atoms with Crippen LogP contribution in [0.5, 0.6) is 0 Å². The molecule has 0 atom stereocenters. The zero-order chi connectivity index (χ0) is 14.7. The van der Waals surface area contributed by atoms with Crippen molar-refractivity contribution in [2.45, 2.75) is 20.4 Å². The fourth-order valence-corrected chi connectivity index (χ4v) is 2.06. The first-order valence-electron chi connectivity index (χ1n) is 6.41. The molecule has 0 saturated carbocycles. The van der Waals surface area contributed by atoms with Crippen molar-refractivity contribution in [2.75, 3.05) is 11.9 Å². The molecular formula is C15H18N4O. The van der Waals surface area contributed by atoms with Crippen LogP contribution in [0.1, 0.15) is 18.3 Å². The molecule has 0 fully saturated rings. The van der Waals surface area contributed by atoms with Gasteiger partial charge in [0.2, 0.25) is 0 Å². The lowest BCUT2D eigenvalue weighted by atomic mass is 10.2. The van der Waals surface area contributed by atoms with Crippen LogP contribution in [0.4, 0.5) is 10.6 Å². The molecule has 5 heteroatoms. The van der Waals surface area contributed by atoms with Crippen LogP contribution < -0.4 is 4.90 Å². The Labute approximate surface area is 118 Å². The second-order valence-corrected chi connectivity index (χ2v) is 4.52. The molecule has 1 aromatic heterocycles. The Morgan fingerprint density at radius 3 is 2.90 bits per heavy atom. The number of anilines is 1. The summed E-state index contributed by atoms with van der Waals surface area (Å²) >= 11 is 0. The van der Waals surface area contributed by atoms with Gasteiger partial charge < -0.3 is 0 Å². The summed E-state index contributed by atoms with van der Waals surface area (Å²) in [5.41, 5.74) is 1.68. The first-order chi connectivity index (χ1) is 9.58. The topological polar surface area (TPSA) is 49.3 Å². The standard InChI is InChI=1S/C15H18N4O/c1-5-7-8-13(6-2)19-10-12-9-16-11(3)17-14(12)18(4)15(19)20/h5-9H,2,10H2,1,3-4H3/b7-5-,13-8+. The van der Waals surface area contributed by atoms with E-state index in [0.29, 0.717) is 18.2 Å². The Morgan fingerprint density at radius 2 is 2.25 bits per heavy atom. The molecule has 2 rings (SSSR count). The molecule has 0 radical (unpaired) electrons. The highest BCUT2D eigenvalue weighted by molar-refractivity contribution is 5.94. The van der Waals surface area contributed by atoms with Gasteiger partial charge in [-0.05, 0) is 26.0 Å². The number of amides is 2. The predicted octanol–water partition coefficient (Wildman–Crippen LogP) is 2.80. The van der Waals surface area contributed by atoms with Crippen LogP contribution in [0.15, 0.2) is 42.8 Å². The number of aromatic nitrogens is 2. The fourth-order valence-electron chi connectivity index (χ4n) is 2.06. The molecular weight excluding hydrogens is 252 g/mol. The average molecular weight is 270 g/mol. The van der Waals surface area contributed by atoms with E-state index in [2.05, 4.69) is 16.5 Å². The van der Waals surface area contributed by atoms with Crippen LogP contribution in [0.25, 0.3) is 0 Å². The molecule has 0 spiro atoms. The third-order valence-electron chi connectivity index (χ3n) is 3.11. The molecule has 1 aromatic rings. The second-order valence-electron chi connectivity index (χ2n) is 4.52. The van der Waals surface area contributed by atoms with E-state index in [1.54, 1.807) is 29.1 Å². The molecule has 5 nitrogen and oxygen atoms in total. The summed E-state index contributed by atoms with van der Waals surface area (Å²) in [6.45, 7) is 7.96. The summed E-state index contributed by atoms with van der Waals surface area (Å²) in [6.07, 6.45) is 9.09. The van der Waals surface area contributed by atoms with Gasteiger partial charge in [-0.25, -0.2) is 14.8 Å². The number of rotatable bonds is 3. The van der Waals surface area contributed by atoms with Crippen LogP contribution in [0.2, 0.25) is 0 Å². The second kappa shape index (κ2) is 5.69. The smallest absolute Gasteiger partial charge is 0.289 e. The molecule has 0 saturated heterocycles. The van der Waals surface area contributed by atoms with E-state index in [4.69, 9.17) is 0 Å². The van der Waals surface area contributed by atoms with Crippen molar-refractivity contribution in [2.24, 2.45) is 0 Å². The van der Waals surface area contributed by atoms with Gasteiger partial charge in [0, 0.05) is 24.5 Å². The number of carbonyl (C=O) groups excluding carboxylic acids is 1. The van der Waals surface area contributed by atoms with Crippen molar-refractivity contribution in [3.63, 3.8) is 0 Å². The Bertz CT molecular complexity index is 604. The first kappa shape index (κ1) is 14.0. The zero-order valence-electron chi connectivity index (χ0n) is 12.0. The van der Waals surface area contributed by atoms with Gasteiger partial charge in [-0.15, -0.1) is 0 Å². The van der Waals surface area contributed by atoms with Gasteiger partial charge in [-0.2, -0.15) is 0 Å². The molecule has 0 unspecified atom stereocenters. The summed E-state index contributed by atoms with van der Waals surface area (Å²) in [5, 5.41) is 0. The normalized spacial score (nSPS) is 15.8. The summed E-state index contributed by atoms with van der Waals surface area (Å²) < 4.78 is 0. The average Bonchev–Trinajstić information content (AvgIpc) is 2.45. The number of allylic oxidation sites excluding steroid dienone is 4. The van der Waals surface area contributed by atoms with Crippen molar-refractivity contribution in [3.8, 4) is 0 Å². The van der Waals surface area contributed by atoms with E-state index in [9.17, 15) is 4.79 Å². The van der Waals surface area contributed by atoms with Gasteiger partial charge in [0.25, 0.3) is 0 Å². The Hall–Kier alpha value is -2.43. The molecule has 0 aliphatic carbocycles. The van der Waals surface area contributed by atoms with Crippen molar-refractivity contribution in [1.82, 2.24) is 14.9 Å². The lowest BCUT2D eigenvalue weighted by Crippen LogP contribution is -2.44. The van der Waals surface area contributed by atoms with E-state index < -0.39 is 0 Å². The first-order valence-corrected chi connectivity index (χ1v) is 6.41. The largest absolute Gasteiger partial charge is 0.330 e. The summed E-state index contributed by atoms with van der Waals surface area (Å²) in [7, 11) is 1.72. The van der Waals surface area contributed by atoms with Gasteiger partial charge >= 0.3 is 6.03 Å². The Kier molecular flexibility index (Phi) is 3.98. The quantitative estimate of drug-likeness (QED) is 0.793. The molecule has 0 aromatic carbocycles. The van der Waals surface area contributed by atoms with Crippen molar-refractivity contribution < 1.29 is 4.79 Å². The van der Waals surface area contributed by atoms with Crippen molar-refractivity contribution >= 4 is 11.8 Å². The predicted molar refractivity (Wildman–Crippen MR) is 79.2 cm³/mol. The van der Waals surface area contributed by atoms with E-state index in [1.807, 2.05) is 32.1 Å². The minimum absolute atomic E-state index is 0.119. The maximum Gasteiger partial charge on any atom is 0.330 e. The Balaban J connectivity index is 2.42. The van der Waals surface area contributed by atoms with Crippen molar-refractivity contribution in [1.29, 1.82) is 0 Å². The Morgan fingerprint density at radius 1 is 1.50 bits per heavy atom. The highest BCUT2D eigenvalue weighted by atomic mass is 16.2. The number of nitrogens with zero attached hydrogens (tertiary/aromatic N) is 4. The molecule has 2 amide bonds. The highest BCUT2D eigenvalue weighted by Crippen LogP contribution is 2.27. The van der Waals surface area contributed by atoms with Crippen LogP contribution >= 0.6 is 0 Å². The third-order valence-corrected chi connectivity index (χ3v) is 3.11. The maximum atomic E-state index is 12.4. The van der Waals surface area contributed by atoms with E-state index in [1.165, 1.54) is 0 Å². The number of aryl methyl sites for hydroxylation is 1. The number of hydrogen-bond donors (Lipinski definition) is 0. The number of urea groups is 1. The van der Waals surface area contributed by atoms with Gasteiger partial charge in [-0.1, -0.05) is 18.7 Å². The lowest BCUT2D eigenvalue weighted by Gasteiger charge is -2.34. The number of hydrogen-bond acceptors (Lipinski definition) is 3. The minimum atomic E-state index is -0.119. The lowest BCUT2D eigenvalue weighted by molar-refractivity contribution is 0.215. The molecule has 0 N–H and O–H groups in total. The zero-order valence-corrected chi connectivity index (χ0v) is 12.0.